The third kappa shape index (κ3) is 3.35. The van der Waals surface area contributed by atoms with Crippen LogP contribution in [0.5, 0.6) is 11.5 Å². The van der Waals surface area contributed by atoms with Crippen molar-refractivity contribution in [3.05, 3.63) is 70.7 Å². The summed E-state index contributed by atoms with van der Waals surface area (Å²) in [6, 6.07) is 18.0. The predicted molar refractivity (Wildman–Crippen MR) is 95.8 cm³/mol. The largest absolute Gasteiger partial charge is 1.00 e. The summed E-state index contributed by atoms with van der Waals surface area (Å²) in [4.78, 5) is 0. The van der Waals surface area contributed by atoms with Gasteiger partial charge >= 0.3 is 37.7 Å². The van der Waals surface area contributed by atoms with Crippen molar-refractivity contribution in [2.45, 2.75) is 0 Å². The van der Waals surface area contributed by atoms with E-state index in [1.807, 2.05) is 48.5 Å². The molecule has 0 atom stereocenters. The number of rotatable bonds is 1. The second-order valence-electron chi connectivity index (χ2n) is 5.57. The Morgan fingerprint density at radius 1 is 0.577 bits per heavy atom. The SMILES string of the molecule is [Li+].[Li+].[O-]c1c(Cl)cc2ccccc2c1-c1c([O-])c(Cl)cc2ccccc12. The molecule has 0 aliphatic carbocycles. The molecule has 4 aromatic carbocycles. The van der Waals surface area contributed by atoms with Gasteiger partial charge in [0.05, 0.1) is 0 Å². The van der Waals surface area contributed by atoms with E-state index in [1.165, 1.54) is 0 Å². The monoisotopic (exact) mass is 366 g/mol. The molecule has 118 valence electrons. The Morgan fingerprint density at radius 2 is 0.923 bits per heavy atom. The second-order valence-corrected chi connectivity index (χ2v) is 6.38. The van der Waals surface area contributed by atoms with E-state index in [9.17, 15) is 10.2 Å². The van der Waals surface area contributed by atoms with Crippen molar-refractivity contribution in [2.75, 3.05) is 0 Å². The maximum atomic E-state index is 12.8. The van der Waals surface area contributed by atoms with Crippen LogP contribution in [0.4, 0.5) is 0 Å². The Bertz CT molecular complexity index is 1020. The third-order valence-corrected chi connectivity index (χ3v) is 4.72. The molecule has 0 N–H and O–H groups in total. The van der Waals surface area contributed by atoms with Crippen LogP contribution < -0.4 is 47.9 Å². The van der Waals surface area contributed by atoms with Crippen molar-refractivity contribution in [1.82, 2.24) is 0 Å². The third-order valence-electron chi connectivity index (χ3n) is 4.16. The van der Waals surface area contributed by atoms with Gasteiger partial charge in [-0.2, -0.15) is 0 Å². The van der Waals surface area contributed by atoms with E-state index >= 15 is 0 Å². The first-order valence-corrected chi connectivity index (χ1v) is 8.10. The molecule has 4 aromatic rings. The molecule has 0 amide bonds. The minimum absolute atomic E-state index is 0. The van der Waals surface area contributed by atoms with Gasteiger partial charge in [0.1, 0.15) is 0 Å². The number of hydrogen-bond donors (Lipinski definition) is 0. The van der Waals surface area contributed by atoms with E-state index in [1.54, 1.807) is 12.1 Å². The normalized spacial score (nSPS) is 10.4. The smallest absolute Gasteiger partial charge is 0.871 e. The number of fused-ring (bicyclic) bond motifs is 2. The fraction of sp³-hybridized carbons (Fsp3) is 0. The van der Waals surface area contributed by atoms with Crippen LogP contribution >= 0.6 is 23.2 Å². The maximum absolute atomic E-state index is 12.8. The molecule has 0 aliphatic heterocycles. The van der Waals surface area contributed by atoms with E-state index in [0.29, 0.717) is 21.9 Å². The standard InChI is InChI=1S/C20H12Cl2O2.2Li/c21-15-9-11-5-1-3-7-13(11)17(19(15)23)18-14-8-4-2-6-12(14)10-16(22)20(18)24;;/h1-10,23-24H;;/q;2*+1/p-2. The minimum atomic E-state index is -0.361. The Morgan fingerprint density at radius 3 is 1.31 bits per heavy atom. The van der Waals surface area contributed by atoms with Crippen LogP contribution in [0.3, 0.4) is 0 Å². The summed E-state index contributed by atoms with van der Waals surface area (Å²) in [5.41, 5.74) is 0.614. The fourth-order valence-electron chi connectivity index (χ4n) is 3.09. The summed E-state index contributed by atoms with van der Waals surface area (Å²) in [5, 5.41) is 28.7. The number of benzene rings is 4. The zero-order chi connectivity index (χ0) is 16.8. The van der Waals surface area contributed by atoms with Gasteiger partial charge in [-0.25, -0.2) is 0 Å². The minimum Gasteiger partial charge on any atom is -0.871 e. The molecule has 26 heavy (non-hydrogen) atoms. The molecule has 6 heteroatoms. The molecule has 2 nitrogen and oxygen atoms in total. The molecular weight excluding hydrogens is 357 g/mol. The molecule has 0 radical (unpaired) electrons. The summed E-state index contributed by atoms with van der Waals surface area (Å²) >= 11 is 12.3. The predicted octanol–water partition coefficient (Wildman–Crippen LogP) is -0.878. The molecule has 0 spiro atoms. The Balaban J connectivity index is 0.00000121. The Kier molecular flexibility index (Phi) is 6.65. The van der Waals surface area contributed by atoms with Crippen LogP contribution in [0.25, 0.3) is 32.7 Å². The fourth-order valence-corrected chi connectivity index (χ4v) is 3.51. The van der Waals surface area contributed by atoms with Crippen LogP contribution in [0, 0.1) is 0 Å². The second kappa shape index (κ2) is 8.20. The van der Waals surface area contributed by atoms with Crippen LogP contribution in [-0.2, 0) is 0 Å². The van der Waals surface area contributed by atoms with Gasteiger partial charge in [0.25, 0.3) is 0 Å². The van der Waals surface area contributed by atoms with Gasteiger partial charge in [-0.05, 0) is 44.8 Å². The zero-order valence-corrected chi connectivity index (χ0v) is 15.9. The van der Waals surface area contributed by atoms with Crippen molar-refractivity contribution in [3.8, 4) is 22.6 Å². The Labute approximate surface area is 185 Å². The molecule has 0 bridgehead atoms. The molecule has 0 aliphatic rings. The summed E-state index contributed by atoms with van der Waals surface area (Å²) in [6.45, 7) is 0. The first-order valence-electron chi connectivity index (χ1n) is 7.35. The molecule has 0 heterocycles. The first-order chi connectivity index (χ1) is 11.6. The average molecular weight is 367 g/mol. The zero-order valence-electron chi connectivity index (χ0n) is 14.3. The molecular formula is C20H10Cl2Li2O2. The van der Waals surface area contributed by atoms with E-state index in [0.717, 1.165) is 10.8 Å². The number of hydrogen-bond acceptors (Lipinski definition) is 2. The first kappa shape index (κ1) is 21.1. The summed E-state index contributed by atoms with van der Waals surface area (Å²) < 4.78 is 0. The summed E-state index contributed by atoms with van der Waals surface area (Å²) in [7, 11) is 0. The van der Waals surface area contributed by atoms with E-state index in [4.69, 9.17) is 23.2 Å². The molecule has 0 saturated heterocycles. The van der Waals surface area contributed by atoms with E-state index in [2.05, 4.69) is 0 Å². The van der Waals surface area contributed by atoms with E-state index < -0.39 is 0 Å². The molecule has 4 rings (SSSR count). The van der Waals surface area contributed by atoms with Crippen molar-refractivity contribution >= 4 is 44.7 Å². The van der Waals surface area contributed by atoms with Crippen molar-refractivity contribution in [3.63, 3.8) is 0 Å². The van der Waals surface area contributed by atoms with Gasteiger partial charge < -0.3 is 10.2 Å². The van der Waals surface area contributed by atoms with Gasteiger partial charge in [0.15, 0.2) is 0 Å². The maximum Gasteiger partial charge on any atom is 1.00 e. The molecule has 0 fully saturated rings. The van der Waals surface area contributed by atoms with Crippen LogP contribution in [0.2, 0.25) is 10.0 Å². The average Bonchev–Trinajstić information content (AvgIpc) is 2.58. The molecule has 0 aromatic heterocycles. The quantitative estimate of drug-likeness (QED) is 0.411. The number of halogens is 2. The molecule has 0 saturated carbocycles. The van der Waals surface area contributed by atoms with Crippen molar-refractivity contribution in [1.29, 1.82) is 0 Å². The Hall–Kier alpha value is -1.23. The molecule has 0 unspecified atom stereocenters. The van der Waals surface area contributed by atoms with Crippen LogP contribution in [0.1, 0.15) is 0 Å². The van der Waals surface area contributed by atoms with Gasteiger partial charge in [0.2, 0.25) is 0 Å². The van der Waals surface area contributed by atoms with Crippen molar-refractivity contribution < 1.29 is 47.9 Å². The van der Waals surface area contributed by atoms with Crippen LogP contribution in [0.15, 0.2) is 60.7 Å². The van der Waals surface area contributed by atoms with Gasteiger partial charge in [-0.3, -0.25) is 0 Å². The summed E-state index contributed by atoms with van der Waals surface area (Å²) in [6.07, 6.45) is 0. The topological polar surface area (TPSA) is 46.1 Å². The summed E-state index contributed by atoms with van der Waals surface area (Å²) in [5.74, 6) is -0.722. The van der Waals surface area contributed by atoms with Crippen LogP contribution in [-0.4, -0.2) is 0 Å². The van der Waals surface area contributed by atoms with Gasteiger partial charge in [-0.15, -0.1) is 0 Å². The van der Waals surface area contributed by atoms with Gasteiger partial charge in [-0.1, -0.05) is 83.2 Å². The van der Waals surface area contributed by atoms with Gasteiger partial charge in [0, 0.05) is 10.0 Å². The van der Waals surface area contributed by atoms with E-state index in [-0.39, 0.29) is 59.3 Å². The van der Waals surface area contributed by atoms with Crippen molar-refractivity contribution in [2.24, 2.45) is 0 Å².